The lowest BCUT2D eigenvalue weighted by Gasteiger charge is -2.40. The van der Waals surface area contributed by atoms with Gasteiger partial charge in [-0.05, 0) is 57.8 Å². The fourth-order valence-electron chi connectivity index (χ4n) is 6.11. The van der Waals surface area contributed by atoms with E-state index >= 15 is 0 Å². The minimum atomic E-state index is -1.57. The molecule has 0 aromatic heterocycles. The molecule has 0 bridgehead atoms. The van der Waals surface area contributed by atoms with Gasteiger partial charge in [-0.25, -0.2) is 0 Å². The van der Waals surface area contributed by atoms with Crippen LogP contribution in [0.15, 0.2) is 72.9 Å². The number of rotatable bonds is 33. The maximum absolute atomic E-state index is 12.8. The molecule has 1 aliphatic rings. The zero-order valence-electron chi connectivity index (χ0n) is 33.7. The van der Waals surface area contributed by atoms with Crippen LogP contribution in [-0.4, -0.2) is 87.5 Å². The van der Waals surface area contributed by atoms with Crippen molar-refractivity contribution in [2.45, 2.75) is 192 Å². The van der Waals surface area contributed by atoms with E-state index in [9.17, 15) is 30.3 Å². The lowest BCUT2D eigenvalue weighted by Crippen LogP contribution is -2.60. The molecule has 0 radical (unpaired) electrons. The van der Waals surface area contributed by atoms with Crippen LogP contribution in [0.2, 0.25) is 0 Å². The third kappa shape index (κ3) is 25.7. The summed E-state index contributed by atoms with van der Waals surface area (Å²) in [6.45, 7) is 3.47. The van der Waals surface area contributed by atoms with Crippen molar-refractivity contribution in [3.8, 4) is 0 Å². The normalized spacial score (nSPS) is 22.2. The molecule has 0 aromatic rings. The van der Waals surface area contributed by atoms with Crippen LogP contribution in [0, 0.1) is 0 Å². The molecule has 0 aliphatic carbocycles. The maximum Gasteiger partial charge on any atom is 0.220 e. The molecule has 0 spiro atoms. The Kier molecular flexibility index (Phi) is 32.2. The molecule has 6 N–H and O–H groups in total. The van der Waals surface area contributed by atoms with Crippen molar-refractivity contribution in [3.63, 3.8) is 0 Å². The van der Waals surface area contributed by atoms with Gasteiger partial charge in [0, 0.05) is 6.42 Å². The summed E-state index contributed by atoms with van der Waals surface area (Å²) >= 11 is 0. The van der Waals surface area contributed by atoms with Crippen molar-refractivity contribution < 1.29 is 39.8 Å². The minimum absolute atomic E-state index is 0.195. The lowest BCUT2D eigenvalue weighted by molar-refractivity contribution is -0.302. The molecule has 54 heavy (non-hydrogen) atoms. The van der Waals surface area contributed by atoms with Crippen LogP contribution in [0.4, 0.5) is 0 Å². The second kappa shape index (κ2) is 35.1. The van der Waals surface area contributed by atoms with Crippen LogP contribution in [0.25, 0.3) is 0 Å². The molecule has 0 aromatic carbocycles. The highest BCUT2D eigenvalue weighted by molar-refractivity contribution is 5.76. The molecule has 0 saturated carbocycles. The first-order chi connectivity index (χ1) is 26.3. The molecule has 310 valence electrons. The summed E-state index contributed by atoms with van der Waals surface area (Å²) in [5.41, 5.74) is 0. The maximum atomic E-state index is 12.8. The Morgan fingerprint density at radius 2 is 1.15 bits per heavy atom. The Hall–Kier alpha value is -2.37. The first kappa shape index (κ1) is 49.6. The van der Waals surface area contributed by atoms with Crippen molar-refractivity contribution in [2.24, 2.45) is 0 Å². The highest BCUT2D eigenvalue weighted by Crippen LogP contribution is 2.22. The Morgan fingerprint density at radius 1 is 0.648 bits per heavy atom. The number of nitrogens with one attached hydrogen (secondary N) is 1. The van der Waals surface area contributed by atoms with Gasteiger partial charge in [0.05, 0.1) is 25.4 Å². The third-order valence-electron chi connectivity index (χ3n) is 9.54. The van der Waals surface area contributed by atoms with Crippen molar-refractivity contribution in [1.82, 2.24) is 5.32 Å². The van der Waals surface area contributed by atoms with Gasteiger partial charge in [-0.3, -0.25) is 4.79 Å². The van der Waals surface area contributed by atoms with Crippen LogP contribution in [0.3, 0.4) is 0 Å². The predicted octanol–water partition coefficient (Wildman–Crippen LogP) is 8.22. The Labute approximate surface area is 328 Å². The summed E-state index contributed by atoms with van der Waals surface area (Å²) < 4.78 is 11.1. The van der Waals surface area contributed by atoms with E-state index in [4.69, 9.17) is 9.47 Å². The number of aliphatic hydroxyl groups excluding tert-OH is 5. The van der Waals surface area contributed by atoms with Gasteiger partial charge in [-0.2, -0.15) is 0 Å². The molecule has 7 atom stereocenters. The van der Waals surface area contributed by atoms with Crippen LogP contribution >= 0.6 is 0 Å². The second-order valence-electron chi connectivity index (χ2n) is 14.4. The summed E-state index contributed by atoms with van der Waals surface area (Å²) in [7, 11) is 0. The van der Waals surface area contributed by atoms with Gasteiger partial charge in [0.25, 0.3) is 0 Å². The Morgan fingerprint density at radius 3 is 1.69 bits per heavy atom. The quantitative estimate of drug-likeness (QED) is 0.0290. The second-order valence-corrected chi connectivity index (χ2v) is 14.4. The number of carbonyl (C=O) groups excluding carboxylic acids is 1. The Balaban J connectivity index is 2.13. The smallest absolute Gasteiger partial charge is 0.220 e. The minimum Gasteiger partial charge on any atom is -0.394 e. The van der Waals surface area contributed by atoms with Crippen molar-refractivity contribution in [2.75, 3.05) is 13.2 Å². The predicted molar refractivity (Wildman–Crippen MR) is 221 cm³/mol. The van der Waals surface area contributed by atoms with E-state index in [-0.39, 0.29) is 12.5 Å². The number of aliphatic hydroxyl groups is 5. The van der Waals surface area contributed by atoms with E-state index in [2.05, 4.69) is 79.9 Å². The van der Waals surface area contributed by atoms with Gasteiger partial charge >= 0.3 is 0 Å². The molecule has 9 heteroatoms. The first-order valence-electron chi connectivity index (χ1n) is 21.2. The highest BCUT2D eigenvalue weighted by atomic mass is 16.7. The van der Waals surface area contributed by atoms with Crippen LogP contribution < -0.4 is 5.32 Å². The molecule has 1 aliphatic heterocycles. The van der Waals surface area contributed by atoms with Crippen molar-refractivity contribution in [1.29, 1.82) is 0 Å². The molecule has 1 heterocycles. The van der Waals surface area contributed by atoms with Crippen molar-refractivity contribution in [3.05, 3.63) is 72.9 Å². The molecule has 1 saturated heterocycles. The first-order valence-corrected chi connectivity index (χ1v) is 21.2. The molecule has 9 nitrogen and oxygen atoms in total. The SMILES string of the molecule is CC/C=C\C/C=C\C/C=C\C/C=C\C/C=C\CCCCCCCCCCCCCC(=O)NC(COC1OC(CO)C(O)C(O)C1O)C(O)/C=C/CCCC. The zero-order valence-corrected chi connectivity index (χ0v) is 33.7. The summed E-state index contributed by atoms with van der Waals surface area (Å²) in [6.07, 6.45) is 40.2. The van der Waals surface area contributed by atoms with E-state index in [1.807, 2.05) is 6.08 Å². The molecule has 1 fully saturated rings. The van der Waals surface area contributed by atoms with Gasteiger partial charge in [0.1, 0.15) is 24.4 Å². The summed E-state index contributed by atoms with van der Waals surface area (Å²) in [4.78, 5) is 12.8. The van der Waals surface area contributed by atoms with Gasteiger partial charge in [-0.1, -0.05) is 157 Å². The fraction of sp³-hybridized carbons (Fsp3) is 0.711. The van der Waals surface area contributed by atoms with Gasteiger partial charge < -0.3 is 40.3 Å². The Bertz CT molecular complexity index is 1070. The number of amides is 1. The molecule has 1 rings (SSSR count). The van der Waals surface area contributed by atoms with Crippen LogP contribution in [0.1, 0.15) is 149 Å². The van der Waals surface area contributed by atoms with Crippen LogP contribution in [0.5, 0.6) is 0 Å². The average Bonchev–Trinajstić information content (AvgIpc) is 3.17. The van der Waals surface area contributed by atoms with Gasteiger partial charge in [0.2, 0.25) is 5.91 Å². The molecule has 1 amide bonds. The third-order valence-corrected chi connectivity index (χ3v) is 9.54. The number of hydrogen-bond acceptors (Lipinski definition) is 8. The van der Waals surface area contributed by atoms with E-state index in [1.54, 1.807) is 6.08 Å². The zero-order chi connectivity index (χ0) is 39.5. The summed E-state index contributed by atoms with van der Waals surface area (Å²) in [5.74, 6) is -0.195. The van der Waals surface area contributed by atoms with E-state index < -0.39 is 49.5 Å². The molecule has 7 unspecified atom stereocenters. The van der Waals surface area contributed by atoms with Crippen molar-refractivity contribution >= 4 is 5.91 Å². The summed E-state index contributed by atoms with van der Waals surface area (Å²) in [6, 6.07) is -0.805. The largest absolute Gasteiger partial charge is 0.394 e. The lowest BCUT2D eigenvalue weighted by atomic mass is 9.99. The van der Waals surface area contributed by atoms with Gasteiger partial charge in [0.15, 0.2) is 6.29 Å². The number of allylic oxidation sites excluding steroid dienone is 11. The number of carbonyl (C=O) groups is 1. The number of ether oxygens (including phenoxy) is 2. The standard InChI is InChI=1S/C45H77NO8/c1-3-5-7-9-10-11-12-13-14-15-16-17-18-19-20-21-22-23-24-25-26-27-28-29-30-31-33-35-41(49)46-38(39(48)34-32-8-6-4-2)37-53-45-44(52)43(51)42(50)40(36-47)54-45/h5,7,10-11,13-14,16-17,19-20,32,34,38-40,42-45,47-48,50-52H,3-4,6,8-9,12,15,18,21-31,33,35-37H2,1-2H3,(H,46,49)/b7-5-,11-10-,14-13-,17-16-,20-19-,34-32+. The molecular formula is C45H77NO8. The monoisotopic (exact) mass is 760 g/mol. The van der Waals surface area contributed by atoms with Gasteiger partial charge in [-0.15, -0.1) is 0 Å². The van der Waals surface area contributed by atoms with E-state index in [1.165, 1.54) is 57.8 Å². The fourth-order valence-corrected chi connectivity index (χ4v) is 6.11. The number of hydrogen-bond donors (Lipinski definition) is 6. The van der Waals surface area contributed by atoms with E-state index in [0.717, 1.165) is 70.6 Å². The van der Waals surface area contributed by atoms with Crippen LogP contribution in [-0.2, 0) is 14.3 Å². The number of unbranched alkanes of at least 4 members (excludes halogenated alkanes) is 13. The summed E-state index contributed by atoms with van der Waals surface area (Å²) in [5, 5.41) is 53.5. The molecular weight excluding hydrogens is 682 g/mol. The highest BCUT2D eigenvalue weighted by Gasteiger charge is 2.44. The van der Waals surface area contributed by atoms with E-state index in [0.29, 0.717) is 6.42 Å². The topological polar surface area (TPSA) is 149 Å². The average molecular weight is 760 g/mol.